The van der Waals surface area contributed by atoms with Crippen LogP contribution in [0, 0.1) is 11.3 Å². The summed E-state index contributed by atoms with van der Waals surface area (Å²) in [5.74, 6) is -1.18. The Balaban J connectivity index is 0.00000117. The van der Waals surface area contributed by atoms with Crippen LogP contribution in [0.25, 0.3) is 0 Å². The van der Waals surface area contributed by atoms with Gasteiger partial charge in [-0.15, -0.1) is 0 Å². The molecule has 146 valence electrons. The average molecular weight is 586 g/mol. The quantitative estimate of drug-likeness (QED) is 0.290. The zero-order chi connectivity index (χ0) is 19.9. The predicted molar refractivity (Wildman–Crippen MR) is 121 cm³/mol. The van der Waals surface area contributed by atoms with Gasteiger partial charge in [-0.2, -0.15) is 0 Å². The van der Waals surface area contributed by atoms with Crippen molar-refractivity contribution in [2.24, 2.45) is 11.3 Å². The Hall–Kier alpha value is -0.250. The molecule has 3 N–H and O–H groups in total. The molecule has 0 saturated heterocycles. The van der Waals surface area contributed by atoms with Gasteiger partial charge in [-0.3, -0.25) is 4.79 Å². The molecule has 0 bridgehead atoms. The molecule has 26 heavy (non-hydrogen) atoms. The van der Waals surface area contributed by atoms with Crippen molar-refractivity contribution in [3.63, 3.8) is 0 Å². The van der Waals surface area contributed by atoms with Crippen LogP contribution >= 0.6 is 37.2 Å². The first-order chi connectivity index (χ1) is 12.1. The minimum Gasteiger partial charge on any atom is -0.504 e. The first kappa shape index (κ1) is 22.0. The lowest BCUT2D eigenvalue weighted by Crippen LogP contribution is -2.54. The summed E-state index contributed by atoms with van der Waals surface area (Å²) in [5.41, 5.74) is 0.881. The van der Waals surface area contributed by atoms with Gasteiger partial charge in [0.25, 0.3) is 0 Å². The minimum absolute atomic E-state index is 0.0288. The van der Waals surface area contributed by atoms with E-state index >= 15 is 0 Å². The van der Waals surface area contributed by atoms with E-state index in [2.05, 4.69) is 51.1 Å². The normalized spacial score (nSPS) is 26.3. The SMILES string of the molecule is CC(C)c1cc2c(c(O)c1O)[C@@]1(C(=O)O)CCCC(C)(C)C1CC2.II. The van der Waals surface area contributed by atoms with E-state index in [4.69, 9.17) is 0 Å². The number of hydrogen-bond acceptors (Lipinski definition) is 3. The number of aryl methyl sites for hydroxylation is 1. The molecule has 0 spiro atoms. The molecule has 1 unspecified atom stereocenters. The molecule has 0 aliphatic heterocycles. The summed E-state index contributed by atoms with van der Waals surface area (Å²) in [6.07, 6.45) is 3.91. The van der Waals surface area contributed by atoms with Gasteiger partial charge in [0.05, 0.1) is 5.41 Å². The number of carboxylic acids is 1. The van der Waals surface area contributed by atoms with Gasteiger partial charge in [-0.25, -0.2) is 0 Å². The van der Waals surface area contributed by atoms with E-state index in [1.807, 2.05) is 19.9 Å². The van der Waals surface area contributed by atoms with Crippen LogP contribution in [0.4, 0.5) is 0 Å². The molecule has 2 aliphatic carbocycles. The average Bonchev–Trinajstić information content (AvgIpc) is 2.58. The molecule has 1 aromatic carbocycles. The molecule has 1 saturated carbocycles. The number of benzene rings is 1. The van der Waals surface area contributed by atoms with Crippen molar-refractivity contribution < 1.29 is 20.1 Å². The molecule has 0 heterocycles. The van der Waals surface area contributed by atoms with Crippen molar-refractivity contribution in [2.45, 2.75) is 71.1 Å². The molecule has 0 amide bonds. The number of phenolic OH excluding ortho intramolecular Hbond substituents is 2. The lowest BCUT2D eigenvalue weighted by Gasteiger charge is -2.53. The molecule has 4 nitrogen and oxygen atoms in total. The van der Waals surface area contributed by atoms with Crippen LogP contribution in [0.3, 0.4) is 0 Å². The molecule has 0 aromatic heterocycles. The van der Waals surface area contributed by atoms with E-state index in [0.29, 0.717) is 17.5 Å². The van der Waals surface area contributed by atoms with Gasteiger partial charge in [-0.1, -0.05) is 40.2 Å². The van der Waals surface area contributed by atoms with E-state index < -0.39 is 11.4 Å². The number of carboxylic acid groups (broad SMARTS) is 1. The Morgan fingerprint density at radius 1 is 1.19 bits per heavy atom. The number of fused-ring (bicyclic) bond motifs is 3. The number of halogens is 2. The standard InChI is InChI=1S/C20H28O4.I2/c1-11(2)13-10-12-6-7-14-19(3,4)8-5-9-20(14,18(23)24)15(12)17(22)16(13)21;1-2/h10-11,14,21-22H,5-9H2,1-4H3,(H,23,24);/t14?,20-;/m1./s1. The summed E-state index contributed by atoms with van der Waals surface area (Å²) in [6.45, 7) is 8.20. The molecular formula is C20H28I2O4. The van der Waals surface area contributed by atoms with Crippen LogP contribution in [0.2, 0.25) is 0 Å². The first-order valence-corrected chi connectivity index (χ1v) is 15.4. The van der Waals surface area contributed by atoms with E-state index in [1.165, 1.54) is 0 Å². The third-order valence-electron chi connectivity index (χ3n) is 6.47. The fourth-order valence-electron chi connectivity index (χ4n) is 5.31. The van der Waals surface area contributed by atoms with Crippen molar-refractivity contribution in [3.05, 3.63) is 22.8 Å². The fourth-order valence-corrected chi connectivity index (χ4v) is 5.31. The van der Waals surface area contributed by atoms with Crippen LogP contribution in [0.5, 0.6) is 11.5 Å². The van der Waals surface area contributed by atoms with E-state index in [1.54, 1.807) is 0 Å². The lowest BCUT2D eigenvalue weighted by molar-refractivity contribution is -0.152. The van der Waals surface area contributed by atoms with Gasteiger partial charge in [-0.05, 0) is 48.5 Å². The maximum atomic E-state index is 12.5. The fraction of sp³-hybridized carbons (Fsp3) is 0.650. The van der Waals surface area contributed by atoms with E-state index in [0.717, 1.165) is 31.2 Å². The largest absolute Gasteiger partial charge is 0.504 e. The Kier molecular flexibility index (Phi) is 6.79. The molecule has 3 rings (SSSR count). The molecule has 6 heteroatoms. The smallest absolute Gasteiger partial charge is 0.314 e. The zero-order valence-corrected chi connectivity index (χ0v) is 20.1. The molecule has 1 fully saturated rings. The molecule has 1 aromatic rings. The zero-order valence-electron chi connectivity index (χ0n) is 15.8. The maximum absolute atomic E-state index is 12.5. The summed E-state index contributed by atoms with van der Waals surface area (Å²) in [6, 6.07) is 1.91. The van der Waals surface area contributed by atoms with Gasteiger partial charge >= 0.3 is 5.97 Å². The summed E-state index contributed by atoms with van der Waals surface area (Å²) < 4.78 is 0. The number of aliphatic carboxylic acids is 1. The summed E-state index contributed by atoms with van der Waals surface area (Å²) in [5, 5.41) is 31.5. The van der Waals surface area contributed by atoms with Crippen molar-refractivity contribution in [1.82, 2.24) is 0 Å². The highest BCUT2D eigenvalue weighted by molar-refractivity contribution is 15.0. The van der Waals surface area contributed by atoms with Crippen molar-refractivity contribution in [1.29, 1.82) is 0 Å². The summed E-state index contributed by atoms with van der Waals surface area (Å²) in [4.78, 5) is 12.5. The maximum Gasteiger partial charge on any atom is 0.314 e. The predicted octanol–water partition coefficient (Wildman–Crippen LogP) is 6.09. The van der Waals surface area contributed by atoms with E-state index in [-0.39, 0.29) is 28.7 Å². The Bertz CT molecular complexity index is 700. The second-order valence-corrected chi connectivity index (χ2v) is 8.56. The number of carbonyl (C=O) groups is 1. The molecule has 0 radical (unpaired) electrons. The number of hydrogen-bond donors (Lipinski definition) is 3. The number of phenols is 2. The summed E-state index contributed by atoms with van der Waals surface area (Å²) >= 11 is 4.24. The van der Waals surface area contributed by atoms with Gasteiger partial charge in [0.1, 0.15) is 0 Å². The van der Waals surface area contributed by atoms with Crippen LogP contribution in [-0.2, 0) is 16.6 Å². The number of rotatable bonds is 2. The summed E-state index contributed by atoms with van der Waals surface area (Å²) in [7, 11) is 0. The monoisotopic (exact) mass is 586 g/mol. The second kappa shape index (κ2) is 8.01. The topological polar surface area (TPSA) is 77.8 Å². The van der Waals surface area contributed by atoms with Crippen LogP contribution in [0.15, 0.2) is 6.07 Å². The van der Waals surface area contributed by atoms with Gasteiger partial charge < -0.3 is 15.3 Å². The highest BCUT2D eigenvalue weighted by Crippen LogP contribution is 2.60. The first-order valence-electron chi connectivity index (χ1n) is 9.08. The third-order valence-corrected chi connectivity index (χ3v) is 6.47. The van der Waals surface area contributed by atoms with Crippen molar-refractivity contribution in [3.8, 4) is 11.5 Å². The van der Waals surface area contributed by atoms with Crippen molar-refractivity contribution >= 4 is 43.2 Å². The van der Waals surface area contributed by atoms with Crippen molar-refractivity contribution in [2.75, 3.05) is 0 Å². The van der Waals surface area contributed by atoms with Crippen LogP contribution < -0.4 is 0 Å². The van der Waals surface area contributed by atoms with Gasteiger partial charge in [0.15, 0.2) is 11.5 Å². The van der Waals surface area contributed by atoms with Gasteiger partial charge in [0.2, 0.25) is 0 Å². The second-order valence-electron chi connectivity index (χ2n) is 8.56. The Morgan fingerprint density at radius 3 is 2.35 bits per heavy atom. The third kappa shape index (κ3) is 3.33. The Morgan fingerprint density at radius 2 is 1.81 bits per heavy atom. The van der Waals surface area contributed by atoms with Crippen LogP contribution in [0.1, 0.15) is 76.0 Å². The lowest BCUT2D eigenvalue weighted by atomic mass is 9.49. The highest BCUT2D eigenvalue weighted by atomic mass is 128. The van der Waals surface area contributed by atoms with Gasteiger partial charge in [0, 0.05) is 48.4 Å². The molecular weight excluding hydrogens is 558 g/mol. The highest BCUT2D eigenvalue weighted by Gasteiger charge is 2.58. The minimum atomic E-state index is -1.09. The molecule has 2 atom stereocenters. The number of aromatic hydroxyl groups is 2. The van der Waals surface area contributed by atoms with Crippen LogP contribution in [-0.4, -0.2) is 21.3 Å². The molecule has 2 aliphatic rings. The Labute approximate surface area is 179 Å². The van der Waals surface area contributed by atoms with E-state index in [9.17, 15) is 20.1 Å².